The average Bonchev–Trinajstić information content (AvgIpc) is 3.02. The SMILES string of the molecule is Cc1ccccc1C(=O)N1CC[C@]2(CCN2c2ncccn2)C1. The van der Waals surface area contributed by atoms with E-state index in [-0.39, 0.29) is 11.4 Å². The van der Waals surface area contributed by atoms with Gasteiger partial charge in [-0.25, -0.2) is 9.97 Å². The summed E-state index contributed by atoms with van der Waals surface area (Å²) in [5, 5.41) is 0. The summed E-state index contributed by atoms with van der Waals surface area (Å²) < 4.78 is 0. The first-order valence-electron chi connectivity index (χ1n) is 8.09. The predicted octanol–water partition coefficient (Wildman–Crippen LogP) is 2.28. The molecule has 1 atom stereocenters. The molecule has 2 aliphatic heterocycles. The Labute approximate surface area is 136 Å². The Morgan fingerprint density at radius 3 is 2.52 bits per heavy atom. The van der Waals surface area contributed by atoms with Crippen LogP contribution in [-0.4, -0.2) is 45.9 Å². The molecule has 5 heteroatoms. The zero-order valence-corrected chi connectivity index (χ0v) is 13.3. The summed E-state index contributed by atoms with van der Waals surface area (Å²) in [5.41, 5.74) is 1.88. The largest absolute Gasteiger partial charge is 0.336 e. The molecule has 1 aromatic heterocycles. The van der Waals surface area contributed by atoms with E-state index >= 15 is 0 Å². The lowest BCUT2D eigenvalue weighted by atomic mass is 9.84. The van der Waals surface area contributed by atoms with Crippen molar-refractivity contribution in [2.75, 3.05) is 24.5 Å². The van der Waals surface area contributed by atoms with Gasteiger partial charge in [0.15, 0.2) is 0 Å². The quantitative estimate of drug-likeness (QED) is 0.854. The van der Waals surface area contributed by atoms with Gasteiger partial charge in [-0.1, -0.05) is 18.2 Å². The number of hydrogen-bond donors (Lipinski definition) is 0. The van der Waals surface area contributed by atoms with Crippen LogP contribution in [0.15, 0.2) is 42.7 Å². The molecule has 5 nitrogen and oxygen atoms in total. The maximum atomic E-state index is 12.8. The van der Waals surface area contributed by atoms with E-state index < -0.39 is 0 Å². The summed E-state index contributed by atoms with van der Waals surface area (Å²) in [4.78, 5) is 25.8. The molecule has 2 saturated heterocycles. The topological polar surface area (TPSA) is 49.3 Å². The number of anilines is 1. The zero-order valence-electron chi connectivity index (χ0n) is 13.3. The van der Waals surface area contributed by atoms with Gasteiger partial charge in [0.2, 0.25) is 5.95 Å². The fourth-order valence-electron chi connectivity index (χ4n) is 3.72. The van der Waals surface area contributed by atoms with Crippen LogP contribution in [-0.2, 0) is 0 Å². The molecule has 0 bridgehead atoms. The summed E-state index contributed by atoms with van der Waals surface area (Å²) in [6.45, 7) is 4.53. The van der Waals surface area contributed by atoms with Crippen molar-refractivity contribution in [1.29, 1.82) is 0 Å². The van der Waals surface area contributed by atoms with E-state index in [4.69, 9.17) is 0 Å². The average molecular weight is 308 g/mol. The lowest BCUT2D eigenvalue weighted by Crippen LogP contribution is -2.62. The van der Waals surface area contributed by atoms with Crippen molar-refractivity contribution in [3.05, 3.63) is 53.9 Å². The first-order valence-corrected chi connectivity index (χ1v) is 8.09. The lowest BCUT2D eigenvalue weighted by Gasteiger charge is -2.50. The second-order valence-corrected chi connectivity index (χ2v) is 6.47. The van der Waals surface area contributed by atoms with Gasteiger partial charge >= 0.3 is 0 Å². The first kappa shape index (κ1) is 14.2. The van der Waals surface area contributed by atoms with Crippen molar-refractivity contribution in [2.45, 2.75) is 25.3 Å². The van der Waals surface area contributed by atoms with Crippen molar-refractivity contribution in [1.82, 2.24) is 14.9 Å². The van der Waals surface area contributed by atoms with Gasteiger partial charge in [0, 0.05) is 37.6 Å². The summed E-state index contributed by atoms with van der Waals surface area (Å²) in [7, 11) is 0. The number of carbonyl (C=O) groups excluding carboxylic acids is 1. The normalized spacial score (nSPS) is 23.2. The van der Waals surface area contributed by atoms with Crippen molar-refractivity contribution < 1.29 is 4.79 Å². The number of hydrogen-bond acceptors (Lipinski definition) is 4. The molecule has 118 valence electrons. The summed E-state index contributed by atoms with van der Waals surface area (Å²) >= 11 is 0. The summed E-state index contributed by atoms with van der Waals surface area (Å²) in [6, 6.07) is 9.64. The van der Waals surface area contributed by atoms with Gasteiger partial charge in [0.25, 0.3) is 5.91 Å². The second-order valence-electron chi connectivity index (χ2n) is 6.47. The molecular weight excluding hydrogens is 288 g/mol. The van der Waals surface area contributed by atoms with Crippen LogP contribution in [0, 0.1) is 6.92 Å². The van der Waals surface area contributed by atoms with Gasteiger partial charge in [-0.05, 0) is 37.5 Å². The number of nitrogens with zero attached hydrogens (tertiary/aromatic N) is 4. The highest BCUT2D eigenvalue weighted by atomic mass is 16.2. The molecule has 3 heterocycles. The molecule has 2 fully saturated rings. The van der Waals surface area contributed by atoms with Crippen LogP contribution in [0.25, 0.3) is 0 Å². The van der Waals surface area contributed by atoms with Crippen molar-refractivity contribution in [3.63, 3.8) is 0 Å². The van der Waals surface area contributed by atoms with E-state index in [0.29, 0.717) is 0 Å². The van der Waals surface area contributed by atoms with E-state index in [9.17, 15) is 4.79 Å². The minimum atomic E-state index is 0.0275. The van der Waals surface area contributed by atoms with Crippen LogP contribution in [0.5, 0.6) is 0 Å². The van der Waals surface area contributed by atoms with Gasteiger partial charge < -0.3 is 9.80 Å². The molecule has 23 heavy (non-hydrogen) atoms. The van der Waals surface area contributed by atoms with Crippen LogP contribution in [0.1, 0.15) is 28.8 Å². The van der Waals surface area contributed by atoms with E-state index in [0.717, 1.165) is 49.6 Å². The molecule has 1 aromatic carbocycles. The van der Waals surface area contributed by atoms with Crippen LogP contribution < -0.4 is 4.90 Å². The molecule has 0 aliphatic carbocycles. The van der Waals surface area contributed by atoms with Gasteiger partial charge in [-0.3, -0.25) is 4.79 Å². The Morgan fingerprint density at radius 1 is 1.09 bits per heavy atom. The fourth-order valence-corrected chi connectivity index (χ4v) is 3.72. The number of carbonyl (C=O) groups is 1. The fraction of sp³-hybridized carbons (Fsp3) is 0.389. The highest BCUT2D eigenvalue weighted by molar-refractivity contribution is 5.96. The molecule has 4 rings (SSSR count). The van der Waals surface area contributed by atoms with Crippen LogP contribution in [0.4, 0.5) is 5.95 Å². The highest BCUT2D eigenvalue weighted by Gasteiger charge is 2.51. The standard InChI is InChI=1S/C18H20N4O/c1-14-5-2-3-6-15(14)16(23)21-11-7-18(13-21)8-12-22(18)17-19-9-4-10-20-17/h2-6,9-10H,7-8,11-13H2,1H3/t18-/m0/s1. The van der Waals surface area contributed by atoms with Crippen LogP contribution >= 0.6 is 0 Å². The number of aromatic nitrogens is 2. The van der Waals surface area contributed by atoms with Crippen molar-refractivity contribution >= 4 is 11.9 Å². The molecule has 2 aromatic rings. The smallest absolute Gasteiger partial charge is 0.254 e. The van der Waals surface area contributed by atoms with Crippen molar-refractivity contribution in [3.8, 4) is 0 Å². The zero-order chi connectivity index (χ0) is 15.9. The number of rotatable bonds is 2. The molecule has 1 amide bonds. The summed E-state index contributed by atoms with van der Waals surface area (Å²) in [6.07, 6.45) is 5.64. The van der Waals surface area contributed by atoms with Gasteiger partial charge in [-0.15, -0.1) is 0 Å². The third-order valence-electron chi connectivity index (χ3n) is 5.16. The monoisotopic (exact) mass is 308 g/mol. The van der Waals surface area contributed by atoms with Crippen molar-refractivity contribution in [2.24, 2.45) is 0 Å². The third kappa shape index (κ3) is 2.27. The highest BCUT2D eigenvalue weighted by Crippen LogP contribution is 2.41. The Morgan fingerprint density at radius 2 is 1.83 bits per heavy atom. The number of aryl methyl sites for hydroxylation is 1. The minimum Gasteiger partial charge on any atom is -0.336 e. The third-order valence-corrected chi connectivity index (χ3v) is 5.16. The Hall–Kier alpha value is -2.43. The van der Waals surface area contributed by atoms with E-state index in [2.05, 4.69) is 14.9 Å². The lowest BCUT2D eigenvalue weighted by molar-refractivity contribution is 0.0775. The Balaban J connectivity index is 1.53. The first-order chi connectivity index (χ1) is 11.2. The van der Waals surface area contributed by atoms with E-state index in [1.54, 1.807) is 12.4 Å². The van der Waals surface area contributed by atoms with E-state index in [1.165, 1.54) is 0 Å². The molecular formula is C18H20N4O. The molecule has 0 N–H and O–H groups in total. The number of benzene rings is 1. The molecule has 2 aliphatic rings. The Kier molecular flexibility index (Phi) is 3.29. The summed E-state index contributed by atoms with van der Waals surface area (Å²) in [5.74, 6) is 0.921. The van der Waals surface area contributed by atoms with Gasteiger partial charge in [-0.2, -0.15) is 0 Å². The molecule has 1 spiro atoms. The molecule has 0 radical (unpaired) electrons. The number of amides is 1. The van der Waals surface area contributed by atoms with E-state index in [1.807, 2.05) is 42.2 Å². The van der Waals surface area contributed by atoms with Gasteiger partial charge in [0.05, 0.1) is 5.54 Å². The van der Waals surface area contributed by atoms with Gasteiger partial charge in [0.1, 0.15) is 0 Å². The molecule has 0 saturated carbocycles. The minimum absolute atomic E-state index is 0.0275. The molecule has 0 unspecified atom stereocenters. The second kappa shape index (κ2) is 5.33. The van der Waals surface area contributed by atoms with Crippen LogP contribution in [0.3, 0.4) is 0 Å². The predicted molar refractivity (Wildman–Crippen MR) is 88.4 cm³/mol. The number of likely N-dealkylation sites (tertiary alicyclic amines) is 1. The Bertz CT molecular complexity index is 733. The maximum Gasteiger partial charge on any atom is 0.254 e. The van der Waals surface area contributed by atoms with Crippen LogP contribution in [0.2, 0.25) is 0 Å². The maximum absolute atomic E-state index is 12.8.